The lowest BCUT2D eigenvalue weighted by Crippen LogP contribution is -2.45. The standard InChI is InChI=1S/C22H22Cl2F2N2O6/c23-15-3-1-13(9-17(15)25)33-11-21(31)27-7-5-20(30)19(6-8-29)28-22(32)12-34-14-2-4-16(24)18(26)10-14/h1-4,6,8-10,19-20,29-30H,5,7,11-12H2,(H,27,31)(H,28,32)/b8-6+/t19?,20-/m0/s1. The van der Waals surface area contributed by atoms with E-state index in [1.165, 1.54) is 24.3 Å². The van der Waals surface area contributed by atoms with E-state index in [2.05, 4.69) is 10.6 Å². The molecule has 2 aromatic rings. The minimum Gasteiger partial charge on any atom is -0.516 e. The lowest BCUT2D eigenvalue weighted by atomic mass is 10.1. The van der Waals surface area contributed by atoms with Crippen LogP contribution in [0, 0.1) is 11.6 Å². The molecular weight excluding hydrogens is 497 g/mol. The third kappa shape index (κ3) is 9.05. The SMILES string of the molecule is O=C(COc1ccc(Cl)c(F)c1)NCC[C@H](O)C(/C=C/O)NC(=O)COc1ccc(Cl)c(F)c1. The van der Waals surface area contributed by atoms with E-state index < -0.39 is 48.8 Å². The summed E-state index contributed by atoms with van der Waals surface area (Å²) in [6, 6.07) is 6.43. The molecule has 4 N–H and O–H groups in total. The van der Waals surface area contributed by atoms with Crippen LogP contribution in [0.25, 0.3) is 0 Å². The van der Waals surface area contributed by atoms with Crippen LogP contribution in [-0.2, 0) is 9.59 Å². The molecule has 184 valence electrons. The summed E-state index contributed by atoms with van der Waals surface area (Å²) in [5.41, 5.74) is 0. The van der Waals surface area contributed by atoms with Gasteiger partial charge in [0.2, 0.25) is 0 Å². The lowest BCUT2D eigenvalue weighted by molar-refractivity contribution is -0.125. The van der Waals surface area contributed by atoms with E-state index >= 15 is 0 Å². The largest absolute Gasteiger partial charge is 0.516 e. The Bertz CT molecular complexity index is 1020. The maximum absolute atomic E-state index is 13.4. The van der Waals surface area contributed by atoms with E-state index in [1.807, 2.05) is 0 Å². The number of benzene rings is 2. The van der Waals surface area contributed by atoms with Crippen molar-refractivity contribution in [2.24, 2.45) is 0 Å². The van der Waals surface area contributed by atoms with Crippen LogP contribution in [0.2, 0.25) is 10.0 Å². The number of halogens is 4. The summed E-state index contributed by atoms with van der Waals surface area (Å²) in [7, 11) is 0. The van der Waals surface area contributed by atoms with Gasteiger partial charge in [-0.3, -0.25) is 9.59 Å². The quantitative estimate of drug-likeness (QED) is 0.320. The molecule has 12 heteroatoms. The molecule has 0 spiro atoms. The molecule has 0 aromatic heterocycles. The van der Waals surface area contributed by atoms with Crippen LogP contribution in [0.1, 0.15) is 6.42 Å². The van der Waals surface area contributed by atoms with Crippen molar-refractivity contribution < 1.29 is 38.1 Å². The van der Waals surface area contributed by atoms with Gasteiger partial charge in [-0.25, -0.2) is 8.78 Å². The zero-order valence-electron chi connectivity index (χ0n) is 17.6. The Morgan fingerprint density at radius 2 is 1.50 bits per heavy atom. The predicted molar refractivity (Wildman–Crippen MR) is 121 cm³/mol. The number of hydrogen-bond acceptors (Lipinski definition) is 6. The molecule has 2 aromatic carbocycles. The van der Waals surface area contributed by atoms with Crippen molar-refractivity contribution in [3.63, 3.8) is 0 Å². The Hall–Kier alpha value is -3.08. The second-order valence-corrected chi connectivity index (χ2v) is 7.68. The third-order valence-corrected chi connectivity index (χ3v) is 4.93. The van der Waals surface area contributed by atoms with E-state index in [4.69, 9.17) is 37.8 Å². The van der Waals surface area contributed by atoms with E-state index in [-0.39, 0.29) is 34.5 Å². The van der Waals surface area contributed by atoms with Crippen LogP contribution in [-0.4, -0.2) is 53.9 Å². The topological polar surface area (TPSA) is 117 Å². The summed E-state index contributed by atoms with van der Waals surface area (Å²) in [5, 5.41) is 24.1. The summed E-state index contributed by atoms with van der Waals surface area (Å²) in [6.45, 7) is -0.857. The second-order valence-electron chi connectivity index (χ2n) is 6.87. The number of aliphatic hydroxyl groups excluding tert-OH is 2. The van der Waals surface area contributed by atoms with Gasteiger partial charge in [0.25, 0.3) is 11.8 Å². The number of amides is 2. The molecule has 0 bridgehead atoms. The highest BCUT2D eigenvalue weighted by atomic mass is 35.5. The Kier molecular flexibility index (Phi) is 10.9. The maximum Gasteiger partial charge on any atom is 0.258 e. The molecule has 0 saturated heterocycles. The minimum absolute atomic E-state index is 0.0137. The van der Waals surface area contributed by atoms with Crippen molar-refractivity contribution in [2.75, 3.05) is 19.8 Å². The number of ether oxygens (including phenoxy) is 2. The maximum atomic E-state index is 13.4. The molecule has 0 radical (unpaired) electrons. The van der Waals surface area contributed by atoms with Crippen molar-refractivity contribution >= 4 is 35.0 Å². The van der Waals surface area contributed by atoms with Gasteiger partial charge in [0.05, 0.1) is 28.5 Å². The van der Waals surface area contributed by atoms with Crippen molar-refractivity contribution in [1.82, 2.24) is 10.6 Å². The zero-order valence-corrected chi connectivity index (χ0v) is 19.2. The summed E-state index contributed by atoms with van der Waals surface area (Å²) < 4.78 is 37.1. The molecule has 0 aliphatic rings. The summed E-state index contributed by atoms with van der Waals surface area (Å²) >= 11 is 11.2. The number of aliphatic hydroxyl groups is 2. The molecule has 0 aliphatic carbocycles. The lowest BCUT2D eigenvalue weighted by Gasteiger charge is -2.21. The van der Waals surface area contributed by atoms with Crippen LogP contribution in [0.15, 0.2) is 48.7 Å². The van der Waals surface area contributed by atoms with Crippen LogP contribution < -0.4 is 20.1 Å². The highest BCUT2D eigenvalue weighted by Gasteiger charge is 2.19. The average molecular weight is 519 g/mol. The van der Waals surface area contributed by atoms with Crippen LogP contribution in [0.5, 0.6) is 11.5 Å². The zero-order chi connectivity index (χ0) is 25.1. The van der Waals surface area contributed by atoms with Crippen molar-refractivity contribution in [2.45, 2.75) is 18.6 Å². The fourth-order valence-electron chi connectivity index (χ4n) is 2.61. The second kappa shape index (κ2) is 13.6. The summed E-state index contributed by atoms with van der Waals surface area (Å²) in [6.07, 6.45) is 0.637. The molecular formula is C22H22Cl2F2N2O6. The van der Waals surface area contributed by atoms with E-state index in [0.717, 1.165) is 18.2 Å². The molecule has 1 unspecified atom stereocenters. The van der Waals surface area contributed by atoms with Gasteiger partial charge in [0.1, 0.15) is 23.1 Å². The molecule has 2 atom stereocenters. The van der Waals surface area contributed by atoms with Gasteiger partial charge >= 0.3 is 0 Å². The van der Waals surface area contributed by atoms with Gasteiger partial charge in [-0.1, -0.05) is 23.2 Å². The van der Waals surface area contributed by atoms with Crippen LogP contribution >= 0.6 is 23.2 Å². The van der Waals surface area contributed by atoms with Crippen molar-refractivity contribution in [1.29, 1.82) is 0 Å². The highest BCUT2D eigenvalue weighted by molar-refractivity contribution is 6.31. The highest BCUT2D eigenvalue weighted by Crippen LogP contribution is 2.21. The van der Waals surface area contributed by atoms with E-state index in [0.29, 0.717) is 6.26 Å². The Labute approximate surface area is 204 Å². The van der Waals surface area contributed by atoms with Gasteiger partial charge < -0.3 is 30.3 Å². The normalized spacial score (nSPS) is 12.7. The molecule has 0 aliphatic heterocycles. The molecule has 0 heterocycles. The average Bonchev–Trinajstić information content (AvgIpc) is 2.80. The van der Waals surface area contributed by atoms with Crippen LogP contribution in [0.3, 0.4) is 0 Å². The van der Waals surface area contributed by atoms with E-state index in [9.17, 15) is 23.5 Å². The van der Waals surface area contributed by atoms with Gasteiger partial charge in [-0.05, 0) is 36.8 Å². The number of nitrogens with one attached hydrogen (secondary N) is 2. The predicted octanol–water partition coefficient (Wildman–Crippen LogP) is 3.15. The summed E-state index contributed by atoms with van der Waals surface area (Å²) in [5.74, 6) is -2.36. The molecule has 2 amide bonds. The van der Waals surface area contributed by atoms with E-state index in [1.54, 1.807) is 0 Å². The molecule has 2 rings (SSSR count). The number of carbonyl (C=O) groups excluding carboxylic acids is 2. The van der Waals surface area contributed by atoms with Gasteiger partial charge in [-0.15, -0.1) is 0 Å². The number of rotatable bonds is 12. The molecule has 34 heavy (non-hydrogen) atoms. The summed E-state index contributed by atoms with van der Waals surface area (Å²) in [4.78, 5) is 24.0. The molecule has 0 saturated carbocycles. The first-order valence-electron chi connectivity index (χ1n) is 9.90. The number of hydrogen-bond donors (Lipinski definition) is 4. The first-order chi connectivity index (χ1) is 16.2. The Morgan fingerprint density at radius 1 is 0.971 bits per heavy atom. The minimum atomic E-state index is -1.17. The van der Waals surface area contributed by atoms with Crippen molar-refractivity contribution in [3.05, 3.63) is 70.4 Å². The van der Waals surface area contributed by atoms with Gasteiger partial charge in [0.15, 0.2) is 13.2 Å². The fraction of sp³-hybridized carbons (Fsp3) is 0.273. The van der Waals surface area contributed by atoms with Gasteiger partial charge in [0, 0.05) is 18.7 Å². The Balaban J connectivity index is 1.74. The Morgan fingerprint density at radius 3 is 2.00 bits per heavy atom. The first-order valence-corrected chi connectivity index (χ1v) is 10.7. The fourth-order valence-corrected chi connectivity index (χ4v) is 2.85. The van der Waals surface area contributed by atoms with Crippen LogP contribution in [0.4, 0.5) is 8.78 Å². The van der Waals surface area contributed by atoms with Crippen molar-refractivity contribution in [3.8, 4) is 11.5 Å². The monoisotopic (exact) mass is 518 g/mol. The number of carbonyl (C=O) groups is 2. The van der Waals surface area contributed by atoms with Gasteiger partial charge in [-0.2, -0.15) is 0 Å². The molecule has 8 nitrogen and oxygen atoms in total. The molecule has 0 fully saturated rings. The first kappa shape index (κ1) is 27.2. The smallest absolute Gasteiger partial charge is 0.258 e. The third-order valence-electron chi connectivity index (χ3n) is 4.32.